The van der Waals surface area contributed by atoms with E-state index in [9.17, 15) is 24.5 Å². The van der Waals surface area contributed by atoms with Crippen LogP contribution >= 0.6 is 0 Å². The van der Waals surface area contributed by atoms with Crippen molar-refractivity contribution in [2.24, 2.45) is 11.8 Å². The molecule has 0 aromatic heterocycles. The first-order chi connectivity index (χ1) is 16.7. The number of nitrogens with zero attached hydrogens (tertiary/aromatic N) is 3. The van der Waals surface area contributed by atoms with Gasteiger partial charge in [0.1, 0.15) is 11.3 Å². The summed E-state index contributed by atoms with van der Waals surface area (Å²) in [5.74, 6) is -2.69. The third kappa shape index (κ3) is 2.49. The summed E-state index contributed by atoms with van der Waals surface area (Å²) in [6.07, 6.45) is 1.53. The van der Waals surface area contributed by atoms with Gasteiger partial charge in [-0.05, 0) is 50.4 Å². The maximum absolute atomic E-state index is 14.1. The molecule has 1 N–H and O–H groups in total. The normalized spacial score (nSPS) is 28.9. The summed E-state index contributed by atoms with van der Waals surface area (Å²) >= 11 is 0. The number of aryl methyl sites for hydroxylation is 1. The molecule has 4 atom stereocenters. The summed E-state index contributed by atoms with van der Waals surface area (Å²) in [5.41, 5.74) is 2.10. The first kappa shape index (κ1) is 21.7. The predicted molar refractivity (Wildman–Crippen MR) is 125 cm³/mol. The minimum absolute atomic E-state index is 0.0564. The molecule has 4 heterocycles. The fourth-order valence-corrected chi connectivity index (χ4v) is 6.72. The van der Waals surface area contributed by atoms with Gasteiger partial charge in [0.25, 0.3) is 5.69 Å². The van der Waals surface area contributed by atoms with Gasteiger partial charge in [0.15, 0.2) is 0 Å². The van der Waals surface area contributed by atoms with Crippen molar-refractivity contribution >= 4 is 34.8 Å². The Morgan fingerprint density at radius 3 is 2.63 bits per heavy atom. The lowest BCUT2D eigenvalue weighted by molar-refractivity contribution is -0.384. The number of methoxy groups -OCH3 is 1. The lowest BCUT2D eigenvalue weighted by Crippen LogP contribution is -2.54. The first-order valence-electron chi connectivity index (χ1n) is 11.6. The maximum Gasteiger partial charge on any atom is 0.273 e. The number of amides is 3. The number of fused-ring (bicyclic) bond motifs is 7. The van der Waals surface area contributed by atoms with E-state index >= 15 is 0 Å². The van der Waals surface area contributed by atoms with Crippen LogP contribution in [-0.4, -0.2) is 47.2 Å². The number of rotatable bonds is 3. The van der Waals surface area contributed by atoms with Crippen molar-refractivity contribution in [1.82, 2.24) is 4.90 Å². The summed E-state index contributed by atoms with van der Waals surface area (Å²) in [4.78, 5) is 55.6. The molecule has 3 fully saturated rings. The molecule has 35 heavy (non-hydrogen) atoms. The molecule has 10 heteroatoms. The number of nitrogens with one attached hydrogen (secondary N) is 1. The van der Waals surface area contributed by atoms with Crippen molar-refractivity contribution in [2.75, 3.05) is 23.9 Å². The van der Waals surface area contributed by atoms with Crippen LogP contribution in [-0.2, 0) is 19.9 Å². The maximum atomic E-state index is 14.1. The number of anilines is 2. The molecule has 0 aliphatic carbocycles. The third-order valence-electron chi connectivity index (χ3n) is 8.31. The minimum atomic E-state index is -1.27. The van der Waals surface area contributed by atoms with Gasteiger partial charge in [0.05, 0.1) is 35.6 Å². The second-order valence-corrected chi connectivity index (χ2v) is 9.68. The van der Waals surface area contributed by atoms with Crippen LogP contribution in [0.2, 0.25) is 0 Å². The van der Waals surface area contributed by atoms with Gasteiger partial charge in [-0.25, -0.2) is 4.90 Å². The van der Waals surface area contributed by atoms with Crippen LogP contribution in [0.4, 0.5) is 17.1 Å². The zero-order valence-electron chi connectivity index (χ0n) is 19.5. The smallest absolute Gasteiger partial charge is 0.273 e. The number of non-ortho nitro benzene ring substituents is 1. The summed E-state index contributed by atoms with van der Waals surface area (Å²) in [7, 11) is 1.33. The second-order valence-electron chi connectivity index (χ2n) is 9.68. The molecule has 0 bridgehead atoms. The number of carbonyl (C=O) groups excluding carboxylic acids is 3. The zero-order valence-corrected chi connectivity index (χ0v) is 19.5. The van der Waals surface area contributed by atoms with E-state index in [0.717, 1.165) is 28.0 Å². The topological polar surface area (TPSA) is 122 Å². The summed E-state index contributed by atoms with van der Waals surface area (Å²) < 4.78 is 5.34. The van der Waals surface area contributed by atoms with Gasteiger partial charge in [-0.2, -0.15) is 0 Å². The summed E-state index contributed by atoms with van der Waals surface area (Å²) in [6.45, 7) is 4.53. The molecule has 10 nitrogen and oxygen atoms in total. The Morgan fingerprint density at radius 1 is 1.14 bits per heavy atom. The van der Waals surface area contributed by atoms with Crippen molar-refractivity contribution in [3.05, 3.63) is 57.1 Å². The SMILES string of the molecule is COc1cc([N+](=O)[O-])ccc1N1C(=O)[C@@H]2[C@H]3CCCN3[C@@]3(C(=O)Nc4c3ccc(C)c4C)[C@H]2C1=O. The van der Waals surface area contributed by atoms with Crippen LogP contribution in [0.5, 0.6) is 5.75 Å². The molecule has 0 unspecified atom stereocenters. The average molecular weight is 476 g/mol. The van der Waals surface area contributed by atoms with Crippen LogP contribution in [0, 0.1) is 35.8 Å². The first-order valence-corrected chi connectivity index (χ1v) is 11.6. The highest BCUT2D eigenvalue weighted by molar-refractivity contribution is 6.26. The number of imide groups is 1. The Labute approximate surface area is 201 Å². The molecule has 0 saturated carbocycles. The highest BCUT2D eigenvalue weighted by Crippen LogP contribution is 2.61. The predicted octanol–water partition coefficient (Wildman–Crippen LogP) is 2.65. The number of ether oxygens (including phenoxy) is 1. The average Bonchev–Trinajstić information content (AvgIpc) is 3.54. The lowest BCUT2D eigenvalue weighted by atomic mass is 9.75. The van der Waals surface area contributed by atoms with E-state index in [1.807, 2.05) is 26.0 Å². The highest BCUT2D eigenvalue weighted by atomic mass is 16.6. The van der Waals surface area contributed by atoms with Gasteiger partial charge in [-0.3, -0.25) is 29.4 Å². The molecular formula is C25H24N4O6. The van der Waals surface area contributed by atoms with Crippen molar-refractivity contribution in [1.29, 1.82) is 0 Å². The quantitative estimate of drug-likeness (QED) is 0.411. The molecule has 4 aliphatic rings. The van der Waals surface area contributed by atoms with E-state index in [0.29, 0.717) is 18.7 Å². The molecule has 6 rings (SSSR count). The Morgan fingerprint density at radius 2 is 1.91 bits per heavy atom. The van der Waals surface area contributed by atoms with E-state index in [2.05, 4.69) is 10.2 Å². The van der Waals surface area contributed by atoms with E-state index in [1.54, 1.807) is 0 Å². The van der Waals surface area contributed by atoms with Gasteiger partial charge in [-0.15, -0.1) is 0 Å². The molecule has 1 spiro atoms. The van der Waals surface area contributed by atoms with Gasteiger partial charge < -0.3 is 10.1 Å². The minimum Gasteiger partial charge on any atom is -0.494 e. The van der Waals surface area contributed by atoms with Crippen LogP contribution < -0.4 is 15.0 Å². The van der Waals surface area contributed by atoms with E-state index < -0.39 is 34.1 Å². The number of benzene rings is 2. The highest BCUT2D eigenvalue weighted by Gasteiger charge is 2.74. The molecule has 2 aromatic rings. The van der Waals surface area contributed by atoms with Crippen molar-refractivity contribution in [2.45, 2.75) is 38.3 Å². The number of nitro benzene ring substituents is 1. The Hall–Kier alpha value is -3.79. The van der Waals surface area contributed by atoms with E-state index in [-0.39, 0.29) is 29.1 Å². The second kappa shape index (κ2) is 7.11. The fraction of sp³-hybridized carbons (Fsp3) is 0.400. The Balaban J connectivity index is 1.54. The summed E-state index contributed by atoms with van der Waals surface area (Å²) in [5, 5.41) is 14.3. The van der Waals surface area contributed by atoms with Gasteiger partial charge in [-0.1, -0.05) is 12.1 Å². The largest absolute Gasteiger partial charge is 0.494 e. The molecule has 3 amide bonds. The monoisotopic (exact) mass is 476 g/mol. The van der Waals surface area contributed by atoms with Crippen LogP contribution in [0.1, 0.15) is 29.5 Å². The van der Waals surface area contributed by atoms with E-state index in [4.69, 9.17) is 4.74 Å². The van der Waals surface area contributed by atoms with Crippen LogP contribution in [0.15, 0.2) is 30.3 Å². The summed E-state index contributed by atoms with van der Waals surface area (Å²) in [6, 6.07) is 7.42. The standard InChI is InChI=1S/C25H24N4O6/c1-12-6-8-15-21(13(12)2)26-24(32)25(15)20-19(17-5-4-10-27(17)25)22(30)28(23(20)31)16-9-7-14(29(33)34)11-18(16)35-3/h6-9,11,17,19-20H,4-5,10H2,1-3H3,(H,26,32)/t17-,19-,20-,25-/m1/s1. The number of hydrogen-bond acceptors (Lipinski definition) is 7. The molecule has 4 aliphatic heterocycles. The van der Waals surface area contributed by atoms with Gasteiger partial charge in [0.2, 0.25) is 17.7 Å². The zero-order chi connectivity index (χ0) is 24.8. The van der Waals surface area contributed by atoms with E-state index in [1.165, 1.54) is 25.3 Å². The van der Waals surface area contributed by atoms with Gasteiger partial charge >= 0.3 is 0 Å². The molecule has 3 saturated heterocycles. The Bertz CT molecular complexity index is 1360. The van der Waals surface area contributed by atoms with Crippen LogP contribution in [0.25, 0.3) is 0 Å². The lowest BCUT2D eigenvalue weighted by Gasteiger charge is -2.36. The van der Waals surface area contributed by atoms with Crippen molar-refractivity contribution in [3.8, 4) is 5.75 Å². The third-order valence-corrected chi connectivity index (χ3v) is 8.31. The van der Waals surface area contributed by atoms with Crippen LogP contribution in [0.3, 0.4) is 0 Å². The fourth-order valence-electron chi connectivity index (χ4n) is 6.72. The number of nitro groups is 1. The Kier molecular flexibility index (Phi) is 4.41. The molecule has 2 aromatic carbocycles. The van der Waals surface area contributed by atoms with Crippen molar-refractivity contribution < 1.29 is 24.0 Å². The molecule has 180 valence electrons. The number of carbonyl (C=O) groups is 3. The number of hydrogen-bond donors (Lipinski definition) is 1. The van der Waals surface area contributed by atoms with Gasteiger partial charge in [0, 0.05) is 23.4 Å². The molecular weight excluding hydrogens is 452 g/mol. The van der Waals surface area contributed by atoms with Crippen molar-refractivity contribution in [3.63, 3.8) is 0 Å². The molecule has 0 radical (unpaired) electrons.